The first-order valence-corrected chi connectivity index (χ1v) is 8.49. The second kappa shape index (κ2) is 7.93. The molecule has 1 N–H and O–H groups in total. The van der Waals surface area contributed by atoms with Gasteiger partial charge in [-0.05, 0) is 32.4 Å². The molecule has 1 aliphatic heterocycles. The Kier molecular flexibility index (Phi) is 6.19. The van der Waals surface area contributed by atoms with E-state index in [0.29, 0.717) is 6.54 Å². The molecule has 0 unspecified atom stereocenters. The highest BCUT2D eigenvalue weighted by Gasteiger charge is 2.24. The summed E-state index contributed by atoms with van der Waals surface area (Å²) in [6, 6.07) is 8.94. The first-order chi connectivity index (χ1) is 10.9. The standard InChI is InChI=1S/C19H30N2O2/c1-15-5-7-16(8-6-15)19(2,3)14-21(4)13-18(22)20-17-9-11-23-12-10-17/h5-8,17H,9-14H2,1-4H3,(H,20,22). The van der Waals surface area contributed by atoms with Crippen molar-refractivity contribution in [1.82, 2.24) is 10.2 Å². The highest BCUT2D eigenvalue weighted by molar-refractivity contribution is 5.78. The fourth-order valence-corrected chi connectivity index (χ4v) is 3.19. The van der Waals surface area contributed by atoms with E-state index in [1.54, 1.807) is 0 Å². The minimum Gasteiger partial charge on any atom is -0.381 e. The van der Waals surface area contributed by atoms with Crippen molar-refractivity contribution in [2.75, 3.05) is 33.4 Å². The van der Waals surface area contributed by atoms with Gasteiger partial charge in [0, 0.05) is 31.2 Å². The molecule has 4 nitrogen and oxygen atoms in total. The van der Waals surface area contributed by atoms with Crippen LogP contribution in [0.15, 0.2) is 24.3 Å². The van der Waals surface area contributed by atoms with Crippen LogP contribution in [0.25, 0.3) is 0 Å². The predicted molar refractivity (Wildman–Crippen MR) is 93.7 cm³/mol. The number of amides is 1. The van der Waals surface area contributed by atoms with E-state index in [-0.39, 0.29) is 17.4 Å². The number of aryl methyl sites for hydroxylation is 1. The van der Waals surface area contributed by atoms with Crippen LogP contribution in [0.5, 0.6) is 0 Å². The van der Waals surface area contributed by atoms with Crippen LogP contribution in [0.4, 0.5) is 0 Å². The van der Waals surface area contributed by atoms with Crippen molar-refractivity contribution in [2.24, 2.45) is 0 Å². The van der Waals surface area contributed by atoms with Gasteiger partial charge in [0.15, 0.2) is 0 Å². The molecular formula is C19H30N2O2. The van der Waals surface area contributed by atoms with E-state index in [2.05, 4.69) is 55.3 Å². The molecule has 0 saturated carbocycles. The maximum absolute atomic E-state index is 12.2. The Morgan fingerprint density at radius 2 is 1.87 bits per heavy atom. The molecule has 1 aliphatic rings. The number of likely N-dealkylation sites (N-methyl/N-ethyl adjacent to an activating group) is 1. The van der Waals surface area contributed by atoms with Crippen LogP contribution >= 0.6 is 0 Å². The molecule has 0 spiro atoms. The summed E-state index contributed by atoms with van der Waals surface area (Å²) in [5.41, 5.74) is 2.59. The molecule has 0 aromatic heterocycles. The van der Waals surface area contributed by atoms with Crippen molar-refractivity contribution in [2.45, 2.75) is 45.1 Å². The zero-order valence-corrected chi connectivity index (χ0v) is 14.9. The van der Waals surface area contributed by atoms with Crippen LogP contribution in [0.1, 0.15) is 37.8 Å². The third-order valence-corrected chi connectivity index (χ3v) is 4.50. The summed E-state index contributed by atoms with van der Waals surface area (Å²) in [6.45, 7) is 9.34. The summed E-state index contributed by atoms with van der Waals surface area (Å²) in [4.78, 5) is 14.3. The third-order valence-electron chi connectivity index (χ3n) is 4.50. The van der Waals surface area contributed by atoms with Crippen LogP contribution < -0.4 is 5.32 Å². The Hall–Kier alpha value is -1.39. The van der Waals surface area contributed by atoms with Crippen LogP contribution in [0.2, 0.25) is 0 Å². The van der Waals surface area contributed by atoms with Gasteiger partial charge in [0.1, 0.15) is 0 Å². The number of ether oxygens (including phenoxy) is 1. The van der Waals surface area contributed by atoms with Crippen LogP contribution in [-0.4, -0.2) is 50.2 Å². The quantitative estimate of drug-likeness (QED) is 0.876. The minimum absolute atomic E-state index is 0.0153. The van der Waals surface area contributed by atoms with E-state index in [1.807, 2.05) is 7.05 Å². The smallest absolute Gasteiger partial charge is 0.234 e. The third kappa shape index (κ3) is 5.63. The summed E-state index contributed by atoms with van der Waals surface area (Å²) >= 11 is 0. The Labute approximate surface area is 140 Å². The second-order valence-electron chi connectivity index (χ2n) is 7.38. The normalized spacial score (nSPS) is 16.6. The molecule has 1 saturated heterocycles. The van der Waals surface area contributed by atoms with Crippen LogP contribution in [-0.2, 0) is 14.9 Å². The molecular weight excluding hydrogens is 288 g/mol. The molecule has 0 atom stereocenters. The van der Waals surface area contributed by atoms with E-state index in [9.17, 15) is 4.79 Å². The first kappa shape index (κ1) is 18.0. The fraction of sp³-hybridized carbons (Fsp3) is 0.632. The number of carbonyl (C=O) groups is 1. The van der Waals surface area contributed by atoms with Crippen molar-refractivity contribution in [3.05, 3.63) is 35.4 Å². The van der Waals surface area contributed by atoms with Gasteiger partial charge in [-0.3, -0.25) is 9.69 Å². The Morgan fingerprint density at radius 3 is 2.48 bits per heavy atom. The molecule has 1 aromatic rings. The van der Waals surface area contributed by atoms with Crippen molar-refractivity contribution in [3.63, 3.8) is 0 Å². The topological polar surface area (TPSA) is 41.6 Å². The van der Waals surface area contributed by atoms with E-state index < -0.39 is 0 Å². The van der Waals surface area contributed by atoms with Gasteiger partial charge in [0.25, 0.3) is 0 Å². The first-order valence-electron chi connectivity index (χ1n) is 8.49. The summed E-state index contributed by atoms with van der Waals surface area (Å²) in [6.07, 6.45) is 1.84. The zero-order chi connectivity index (χ0) is 16.9. The van der Waals surface area contributed by atoms with E-state index >= 15 is 0 Å². The second-order valence-corrected chi connectivity index (χ2v) is 7.38. The molecule has 1 fully saturated rings. The zero-order valence-electron chi connectivity index (χ0n) is 14.9. The number of hydrogen-bond donors (Lipinski definition) is 1. The van der Waals surface area contributed by atoms with Crippen LogP contribution in [0.3, 0.4) is 0 Å². The fourth-order valence-electron chi connectivity index (χ4n) is 3.19. The lowest BCUT2D eigenvalue weighted by molar-refractivity contribution is -0.123. The molecule has 2 rings (SSSR count). The Bertz CT molecular complexity index is 505. The SMILES string of the molecule is Cc1ccc(C(C)(C)CN(C)CC(=O)NC2CCOCC2)cc1. The predicted octanol–water partition coefficient (Wildman–Crippen LogP) is 2.50. The van der Waals surface area contributed by atoms with Gasteiger partial charge in [-0.2, -0.15) is 0 Å². The number of hydrogen-bond acceptors (Lipinski definition) is 3. The highest BCUT2D eigenvalue weighted by Crippen LogP contribution is 2.24. The molecule has 4 heteroatoms. The lowest BCUT2D eigenvalue weighted by Gasteiger charge is -2.31. The number of benzene rings is 1. The number of carbonyl (C=O) groups excluding carboxylic acids is 1. The maximum atomic E-state index is 12.2. The lowest BCUT2D eigenvalue weighted by atomic mass is 9.84. The van der Waals surface area contributed by atoms with Crippen molar-refractivity contribution >= 4 is 5.91 Å². The van der Waals surface area contributed by atoms with E-state index in [1.165, 1.54) is 11.1 Å². The summed E-state index contributed by atoms with van der Waals surface area (Å²) in [5, 5.41) is 3.12. The van der Waals surface area contributed by atoms with Crippen molar-refractivity contribution in [3.8, 4) is 0 Å². The molecule has 0 aliphatic carbocycles. The largest absolute Gasteiger partial charge is 0.381 e. The molecule has 1 heterocycles. The maximum Gasteiger partial charge on any atom is 0.234 e. The van der Waals surface area contributed by atoms with Crippen molar-refractivity contribution < 1.29 is 9.53 Å². The van der Waals surface area contributed by atoms with Crippen molar-refractivity contribution in [1.29, 1.82) is 0 Å². The van der Waals surface area contributed by atoms with Gasteiger partial charge >= 0.3 is 0 Å². The Morgan fingerprint density at radius 1 is 1.26 bits per heavy atom. The monoisotopic (exact) mass is 318 g/mol. The lowest BCUT2D eigenvalue weighted by Crippen LogP contribution is -2.45. The minimum atomic E-state index is 0.0153. The van der Waals surface area contributed by atoms with Gasteiger partial charge in [0.2, 0.25) is 5.91 Å². The average Bonchev–Trinajstić information content (AvgIpc) is 2.47. The van der Waals surface area contributed by atoms with Gasteiger partial charge in [-0.25, -0.2) is 0 Å². The molecule has 23 heavy (non-hydrogen) atoms. The van der Waals surface area contributed by atoms with Gasteiger partial charge in [-0.1, -0.05) is 43.7 Å². The average molecular weight is 318 g/mol. The molecule has 0 radical (unpaired) electrons. The number of nitrogens with zero attached hydrogens (tertiary/aromatic N) is 1. The van der Waals surface area contributed by atoms with Gasteiger partial charge in [0.05, 0.1) is 6.54 Å². The molecule has 1 aromatic carbocycles. The highest BCUT2D eigenvalue weighted by atomic mass is 16.5. The van der Waals surface area contributed by atoms with Gasteiger partial charge < -0.3 is 10.1 Å². The van der Waals surface area contributed by atoms with E-state index in [4.69, 9.17) is 4.74 Å². The number of nitrogens with one attached hydrogen (secondary N) is 1. The summed E-state index contributed by atoms with van der Waals surface area (Å²) in [7, 11) is 2.01. The molecule has 1 amide bonds. The van der Waals surface area contributed by atoms with Crippen LogP contribution in [0, 0.1) is 6.92 Å². The molecule has 0 bridgehead atoms. The summed E-state index contributed by atoms with van der Waals surface area (Å²) < 4.78 is 5.32. The van der Waals surface area contributed by atoms with E-state index in [0.717, 1.165) is 32.6 Å². The Balaban J connectivity index is 1.83. The number of rotatable bonds is 6. The molecule has 128 valence electrons. The summed E-state index contributed by atoms with van der Waals surface area (Å²) in [5.74, 6) is 0.110. The van der Waals surface area contributed by atoms with Gasteiger partial charge in [-0.15, -0.1) is 0 Å².